The van der Waals surface area contributed by atoms with Crippen LogP contribution in [0.15, 0.2) is 23.2 Å². The van der Waals surface area contributed by atoms with Crippen molar-refractivity contribution in [2.75, 3.05) is 13.1 Å². The maximum absolute atomic E-state index is 13.9. The molecule has 0 bridgehead atoms. The molecule has 0 fully saturated rings. The monoisotopic (exact) mass is 348 g/mol. The third-order valence-electron chi connectivity index (χ3n) is 3.94. The molecule has 0 saturated carbocycles. The van der Waals surface area contributed by atoms with Crippen molar-refractivity contribution in [1.82, 2.24) is 10.6 Å². The van der Waals surface area contributed by atoms with E-state index < -0.39 is 5.60 Å². The minimum Gasteiger partial charge on any atom is -0.388 e. The third kappa shape index (κ3) is 7.10. The van der Waals surface area contributed by atoms with E-state index in [-0.39, 0.29) is 12.4 Å². The molecule has 0 radical (unpaired) electrons. The number of halogens is 1. The molecule has 0 amide bonds. The Hall–Kier alpha value is -2.13. The van der Waals surface area contributed by atoms with E-state index in [4.69, 9.17) is 5.26 Å². The summed E-state index contributed by atoms with van der Waals surface area (Å²) in [6, 6.07) is 6.24. The van der Waals surface area contributed by atoms with Gasteiger partial charge >= 0.3 is 0 Å². The van der Waals surface area contributed by atoms with Gasteiger partial charge < -0.3 is 15.7 Å². The van der Waals surface area contributed by atoms with Crippen molar-refractivity contribution in [2.45, 2.75) is 58.6 Å². The number of aliphatic imine (C=N–C) groups is 1. The first-order valence-corrected chi connectivity index (χ1v) is 8.91. The number of hydrogen-bond acceptors (Lipinski definition) is 3. The van der Waals surface area contributed by atoms with Gasteiger partial charge in [-0.3, -0.25) is 0 Å². The van der Waals surface area contributed by atoms with Gasteiger partial charge in [-0.2, -0.15) is 5.26 Å². The van der Waals surface area contributed by atoms with Crippen LogP contribution < -0.4 is 10.6 Å². The lowest BCUT2D eigenvalue weighted by atomic mass is 9.93. The lowest BCUT2D eigenvalue weighted by Crippen LogP contribution is -2.47. The Bertz CT molecular complexity index is 604. The topological polar surface area (TPSA) is 80.4 Å². The smallest absolute Gasteiger partial charge is 0.191 e. The Kier molecular flexibility index (Phi) is 8.93. The lowest BCUT2D eigenvalue weighted by molar-refractivity contribution is 0.0257. The molecule has 3 N–H and O–H groups in total. The molecule has 1 rings (SSSR count). The van der Waals surface area contributed by atoms with Crippen LogP contribution in [0.25, 0.3) is 0 Å². The second kappa shape index (κ2) is 10.7. The number of guanidine groups is 1. The van der Waals surface area contributed by atoms with Gasteiger partial charge in [-0.15, -0.1) is 0 Å². The van der Waals surface area contributed by atoms with E-state index in [0.717, 1.165) is 12.8 Å². The fraction of sp³-hybridized carbons (Fsp3) is 0.579. The average molecular weight is 348 g/mol. The standard InChI is InChI=1S/C19H29FN4O/c1-4-9-19(25,10-5-2)14-24-18(22-6-3)23-13-16-11-15(12-21)7-8-17(16)20/h7-8,11,25H,4-6,9-10,13-14H2,1-3H3,(H2,22,23,24). The fourth-order valence-electron chi connectivity index (χ4n) is 2.75. The van der Waals surface area contributed by atoms with E-state index in [1.54, 1.807) is 0 Å². The summed E-state index contributed by atoms with van der Waals surface area (Å²) in [5.74, 6) is 0.141. The summed E-state index contributed by atoms with van der Waals surface area (Å²) in [5, 5.41) is 25.9. The van der Waals surface area contributed by atoms with E-state index in [0.29, 0.717) is 43.0 Å². The Balaban J connectivity index is 2.82. The van der Waals surface area contributed by atoms with Crippen LogP contribution in [0.1, 0.15) is 57.6 Å². The molecule has 0 heterocycles. The summed E-state index contributed by atoms with van der Waals surface area (Å²) < 4.78 is 13.9. The third-order valence-corrected chi connectivity index (χ3v) is 3.94. The van der Waals surface area contributed by atoms with E-state index in [9.17, 15) is 9.50 Å². The zero-order valence-electron chi connectivity index (χ0n) is 15.4. The fourth-order valence-corrected chi connectivity index (χ4v) is 2.75. The molecule has 5 nitrogen and oxygen atoms in total. The van der Waals surface area contributed by atoms with Crippen molar-refractivity contribution in [3.63, 3.8) is 0 Å². The number of nitrogens with zero attached hydrogens (tertiary/aromatic N) is 2. The number of rotatable bonds is 9. The molecular weight excluding hydrogens is 319 g/mol. The van der Waals surface area contributed by atoms with E-state index in [1.165, 1.54) is 18.2 Å². The molecule has 6 heteroatoms. The van der Waals surface area contributed by atoms with Crippen LogP contribution in [0.2, 0.25) is 0 Å². The summed E-state index contributed by atoms with van der Waals surface area (Å²) in [7, 11) is 0. The quantitative estimate of drug-likeness (QED) is 0.473. The van der Waals surface area contributed by atoms with Crippen LogP contribution in [0, 0.1) is 17.1 Å². The first-order valence-electron chi connectivity index (χ1n) is 8.91. The van der Waals surface area contributed by atoms with E-state index >= 15 is 0 Å². The first-order chi connectivity index (χ1) is 12.0. The van der Waals surface area contributed by atoms with Crippen molar-refractivity contribution in [3.05, 3.63) is 35.1 Å². The molecule has 0 aliphatic heterocycles. The van der Waals surface area contributed by atoms with Gasteiger partial charge in [-0.25, -0.2) is 9.38 Å². The van der Waals surface area contributed by atoms with E-state index in [2.05, 4.69) is 15.6 Å². The predicted octanol–water partition coefficient (Wildman–Crippen LogP) is 3.08. The first kappa shape index (κ1) is 20.9. The lowest BCUT2D eigenvalue weighted by Gasteiger charge is -2.28. The zero-order valence-corrected chi connectivity index (χ0v) is 15.4. The molecule has 0 spiro atoms. The Morgan fingerprint density at radius 3 is 2.48 bits per heavy atom. The highest BCUT2D eigenvalue weighted by atomic mass is 19.1. The van der Waals surface area contributed by atoms with Gasteiger partial charge in [0.25, 0.3) is 0 Å². The van der Waals surface area contributed by atoms with Crippen LogP contribution in [-0.2, 0) is 6.54 Å². The largest absolute Gasteiger partial charge is 0.388 e. The number of nitrogens with one attached hydrogen (secondary N) is 2. The number of nitriles is 1. The van der Waals surface area contributed by atoms with Gasteiger partial charge in [0.05, 0.1) is 23.8 Å². The van der Waals surface area contributed by atoms with Crippen LogP contribution >= 0.6 is 0 Å². The van der Waals surface area contributed by atoms with Crippen molar-refractivity contribution < 1.29 is 9.50 Å². The zero-order chi connectivity index (χ0) is 18.7. The minimum atomic E-state index is -0.772. The Morgan fingerprint density at radius 2 is 1.92 bits per heavy atom. The number of hydrogen-bond donors (Lipinski definition) is 3. The second-order valence-corrected chi connectivity index (χ2v) is 6.19. The highest BCUT2D eigenvalue weighted by molar-refractivity contribution is 5.79. The van der Waals surface area contributed by atoms with E-state index in [1.807, 2.05) is 26.8 Å². The molecule has 25 heavy (non-hydrogen) atoms. The van der Waals surface area contributed by atoms with Crippen molar-refractivity contribution in [3.8, 4) is 6.07 Å². The molecule has 0 atom stereocenters. The maximum Gasteiger partial charge on any atom is 0.191 e. The summed E-state index contributed by atoms with van der Waals surface area (Å²) in [4.78, 5) is 4.38. The molecule has 0 unspecified atom stereocenters. The van der Waals surface area contributed by atoms with Crippen molar-refractivity contribution >= 4 is 5.96 Å². The van der Waals surface area contributed by atoms with Crippen LogP contribution in [0.3, 0.4) is 0 Å². The van der Waals surface area contributed by atoms with Gasteiger partial charge in [0.15, 0.2) is 5.96 Å². The van der Waals surface area contributed by atoms with Crippen LogP contribution in [0.5, 0.6) is 0 Å². The van der Waals surface area contributed by atoms with Gasteiger partial charge in [0.1, 0.15) is 5.82 Å². The number of aliphatic hydroxyl groups is 1. The molecule has 0 saturated heterocycles. The Labute approximate surface area is 150 Å². The molecule has 0 aliphatic rings. The highest BCUT2D eigenvalue weighted by Gasteiger charge is 2.24. The van der Waals surface area contributed by atoms with Crippen LogP contribution in [-0.4, -0.2) is 29.8 Å². The number of benzene rings is 1. The molecule has 1 aromatic carbocycles. The van der Waals surface area contributed by atoms with Gasteiger partial charge in [0, 0.05) is 18.7 Å². The molecule has 0 aliphatic carbocycles. The minimum absolute atomic E-state index is 0.122. The summed E-state index contributed by atoms with van der Waals surface area (Å²) >= 11 is 0. The molecule has 0 aromatic heterocycles. The molecule has 1 aromatic rings. The maximum atomic E-state index is 13.9. The van der Waals surface area contributed by atoms with Gasteiger partial charge in [0.2, 0.25) is 0 Å². The Morgan fingerprint density at radius 1 is 1.24 bits per heavy atom. The SMILES string of the molecule is CCCC(O)(CCC)CNC(=NCc1cc(C#N)ccc1F)NCC. The summed E-state index contributed by atoms with van der Waals surface area (Å²) in [6.07, 6.45) is 3.23. The predicted molar refractivity (Wildman–Crippen MR) is 98.7 cm³/mol. The highest BCUT2D eigenvalue weighted by Crippen LogP contribution is 2.18. The van der Waals surface area contributed by atoms with Gasteiger partial charge in [-0.05, 0) is 38.0 Å². The second-order valence-electron chi connectivity index (χ2n) is 6.19. The van der Waals surface area contributed by atoms with Crippen molar-refractivity contribution in [1.29, 1.82) is 5.26 Å². The molecule has 138 valence electrons. The average Bonchev–Trinajstić information content (AvgIpc) is 2.59. The van der Waals surface area contributed by atoms with Gasteiger partial charge in [-0.1, -0.05) is 26.7 Å². The summed E-state index contributed by atoms with van der Waals surface area (Å²) in [5.41, 5.74) is 0.00419. The molecular formula is C19H29FN4O. The summed E-state index contributed by atoms with van der Waals surface area (Å²) in [6.45, 7) is 7.21. The normalized spacial score (nSPS) is 11.9. The van der Waals surface area contributed by atoms with Crippen molar-refractivity contribution in [2.24, 2.45) is 4.99 Å². The van der Waals surface area contributed by atoms with Crippen LogP contribution in [0.4, 0.5) is 4.39 Å².